The Labute approximate surface area is 179 Å². The number of para-hydroxylation sites is 1. The first-order valence-corrected chi connectivity index (χ1v) is 11.3. The number of benzene rings is 2. The second kappa shape index (κ2) is 7.84. The number of rotatable bonds is 5. The number of ether oxygens (including phenoxy) is 1. The molecule has 30 heavy (non-hydrogen) atoms. The average molecular weight is 421 g/mol. The number of carbonyl (C=O) groups is 2. The molecule has 0 unspecified atom stereocenters. The van der Waals surface area contributed by atoms with E-state index >= 15 is 0 Å². The van der Waals surface area contributed by atoms with Gasteiger partial charge in [-0.1, -0.05) is 42.5 Å². The van der Waals surface area contributed by atoms with Gasteiger partial charge in [0.2, 0.25) is 0 Å². The fraction of sp³-hybridized carbons (Fsp3) is 0.375. The van der Waals surface area contributed by atoms with Crippen molar-refractivity contribution in [3.63, 3.8) is 0 Å². The first-order valence-electron chi connectivity index (χ1n) is 10.5. The molecule has 0 spiro atoms. The fourth-order valence-electron chi connectivity index (χ4n) is 4.32. The highest BCUT2D eigenvalue weighted by molar-refractivity contribution is 7.18. The van der Waals surface area contributed by atoms with Crippen LogP contribution in [0.25, 0.3) is 10.2 Å². The van der Waals surface area contributed by atoms with Crippen molar-refractivity contribution >= 4 is 33.4 Å². The Morgan fingerprint density at radius 3 is 2.63 bits per heavy atom. The van der Waals surface area contributed by atoms with E-state index in [4.69, 9.17) is 9.72 Å². The topological polar surface area (TPSA) is 59.5 Å². The summed E-state index contributed by atoms with van der Waals surface area (Å²) in [5.74, 6) is -0.144. The fourth-order valence-corrected chi connectivity index (χ4v) is 5.41. The van der Waals surface area contributed by atoms with Gasteiger partial charge in [0.15, 0.2) is 6.61 Å². The zero-order valence-electron chi connectivity index (χ0n) is 16.8. The smallest absolute Gasteiger partial charge is 0.317 e. The maximum atomic E-state index is 12.8. The lowest BCUT2D eigenvalue weighted by molar-refractivity contribution is -0.154. The molecule has 2 fully saturated rings. The molecule has 1 amide bonds. The summed E-state index contributed by atoms with van der Waals surface area (Å²) in [5.41, 5.74) is 1.45. The lowest BCUT2D eigenvalue weighted by Gasteiger charge is -2.31. The van der Waals surface area contributed by atoms with Gasteiger partial charge in [-0.15, -0.1) is 11.3 Å². The number of hydrogen-bond donors (Lipinski definition) is 0. The maximum Gasteiger partial charge on any atom is 0.317 e. The van der Waals surface area contributed by atoms with Crippen molar-refractivity contribution in [3.05, 3.63) is 65.2 Å². The number of carbonyl (C=O) groups excluding carboxylic acids is 2. The number of hydrogen-bond acceptors (Lipinski definition) is 5. The van der Waals surface area contributed by atoms with Gasteiger partial charge in [0.05, 0.1) is 20.6 Å². The van der Waals surface area contributed by atoms with Crippen LogP contribution >= 0.6 is 11.3 Å². The molecule has 1 aliphatic heterocycles. The van der Waals surface area contributed by atoms with E-state index in [0.717, 1.165) is 41.8 Å². The monoisotopic (exact) mass is 420 g/mol. The molecule has 0 N–H and O–H groups in total. The van der Waals surface area contributed by atoms with Crippen molar-refractivity contribution in [3.8, 4) is 0 Å². The van der Waals surface area contributed by atoms with E-state index in [1.54, 1.807) is 11.3 Å². The maximum absolute atomic E-state index is 12.8. The van der Waals surface area contributed by atoms with Crippen molar-refractivity contribution in [2.45, 2.75) is 37.0 Å². The molecule has 2 aliphatic rings. The van der Waals surface area contributed by atoms with Crippen LogP contribution in [0.5, 0.6) is 0 Å². The minimum Gasteiger partial charge on any atom is -0.455 e. The van der Waals surface area contributed by atoms with E-state index in [1.807, 2.05) is 53.4 Å². The van der Waals surface area contributed by atoms with Crippen molar-refractivity contribution in [2.24, 2.45) is 0 Å². The van der Waals surface area contributed by atoms with E-state index in [0.29, 0.717) is 13.1 Å². The summed E-state index contributed by atoms with van der Waals surface area (Å²) < 4.78 is 6.67. The van der Waals surface area contributed by atoms with E-state index in [1.165, 1.54) is 4.70 Å². The van der Waals surface area contributed by atoms with Gasteiger partial charge in [0.25, 0.3) is 5.91 Å². The van der Waals surface area contributed by atoms with Gasteiger partial charge in [-0.25, -0.2) is 4.98 Å². The number of nitrogens with zero attached hydrogens (tertiary/aromatic N) is 2. The van der Waals surface area contributed by atoms with Gasteiger partial charge in [0.1, 0.15) is 0 Å². The van der Waals surface area contributed by atoms with Gasteiger partial charge >= 0.3 is 5.97 Å². The highest BCUT2D eigenvalue weighted by Gasteiger charge is 2.52. The lowest BCUT2D eigenvalue weighted by atomic mass is 9.96. The summed E-state index contributed by atoms with van der Waals surface area (Å²) in [7, 11) is 0. The summed E-state index contributed by atoms with van der Waals surface area (Å²) in [6, 6.07) is 17.9. The molecule has 1 atom stereocenters. The lowest BCUT2D eigenvalue weighted by Crippen LogP contribution is -2.41. The molecule has 5 rings (SSSR count). The summed E-state index contributed by atoms with van der Waals surface area (Å²) in [6.45, 7) is 1.17. The van der Waals surface area contributed by atoms with Crippen LogP contribution in [0.3, 0.4) is 0 Å². The molecule has 5 nitrogen and oxygen atoms in total. The second-order valence-corrected chi connectivity index (χ2v) is 9.29. The normalized spacial score (nSPS) is 20.1. The van der Waals surface area contributed by atoms with Crippen LogP contribution in [-0.4, -0.2) is 41.5 Å². The minimum atomic E-state index is -0.549. The molecule has 0 radical (unpaired) electrons. The molecule has 154 valence electrons. The van der Waals surface area contributed by atoms with Crippen molar-refractivity contribution in [1.29, 1.82) is 0 Å². The molecule has 1 saturated heterocycles. The molecule has 1 saturated carbocycles. The Balaban J connectivity index is 1.20. The first-order chi connectivity index (χ1) is 14.7. The molecule has 1 aliphatic carbocycles. The zero-order chi connectivity index (χ0) is 20.6. The van der Waals surface area contributed by atoms with Gasteiger partial charge in [-0.3, -0.25) is 9.59 Å². The molecule has 1 aromatic heterocycles. The van der Waals surface area contributed by atoms with Gasteiger partial charge < -0.3 is 9.64 Å². The second-order valence-electron chi connectivity index (χ2n) is 8.22. The summed E-state index contributed by atoms with van der Waals surface area (Å²) in [5, 5.41) is 1.09. The van der Waals surface area contributed by atoms with Crippen LogP contribution < -0.4 is 0 Å². The predicted octanol–water partition coefficient (Wildman–Crippen LogP) is 4.28. The highest BCUT2D eigenvalue weighted by Crippen LogP contribution is 2.49. The van der Waals surface area contributed by atoms with Crippen molar-refractivity contribution in [2.75, 3.05) is 19.7 Å². The van der Waals surface area contributed by atoms with Crippen LogP contribution in [0, 0.1) is 0 Å². The predicted molar refractivity (Wildman–Crippen MR) is 116 cm³/mol. The zero-order valence-corrected chi connectivity index (χ0v) is 17.6. The largest absolute Gasteiger partial charge is 0.455 e. The molecule has 3 aromatic rings. The van der Waals surface area contributed by atoms with E-state index in [2.05, 4.69) is 6.07 Å². The molecule has 0 bridgehead atoms. The minimum absolute atomic E-state index is 0.113. The summed E-state index contributed by atoms with van der Waals surface area (Å²) >= 11 is 1.71. The quantitative estimate of drug-likeness (QED) is 0.578. The molecular formula is C24H24N2O3S. The molecule has 2 aromatic carbocycles. The first kappa shape index (κ1) is 19.2. The number of esters is 1. The van der Waals surface area contributed by atoms with Gasteiger partial charge in [-0.05, 0) is 43.4 Å². The highest BCUT2D eigenvalue weighted by atomic mass is 32.1. The Bertz CT molecular complexity index is 1040. The van der Waals surface area contributed by atoms with E-state index in [9.17, 15) is 9.59 Å². The summed E-state index contributed by atoms with van der Waals surface area (Å²) in [4.78, 5) is 32.1. The SMILES string of the molecule is O=C(COC(=O)C1(c2ccccc2)CC1)N1CCC[C@@H](c2nc3ccccc3s2)C1. The molecule has 6 heteroatoms. The third-order valence-electron chi connectivity index (χ3n) is 6.23. The average Bonchev–Trinajstić information content (AvgIpc) is 3.50. The number of aromatic nitrogens is 1. The van der Waals surface area contributed by atoms with Gasteiger partial charge in [0, 0.05) is 19.0 Å². The van der Waals surface area contributed by atoms with Crippen molar-refractivity contribution in [1.82, 2.24) is 9.88 Å². The number of amides is 1. The van der Waals surface area contributed by atoms with Crippen LogP contribution in [0.15, 0.2) is 54.6 Å². The molecular weight excluding hydrogens is 396 g/mol. The Hall–Kier alpha value is -2.73. The van der Waals surface area contributed by atoms with Crippen molar-refractivity contribution < 1.29 is 14.3 Å². The van der Waals surface area contributed by atoms with E-state index in [-0.39, 0.29) is 24.4 Å². The van der Waals surface area contributed by atoms with E-state index < -0.39 is 5.41 Å². The summed E-state index contributed by atoms with van der Waals surface area (Å²) in [6.07, 6.45) is 3.54. The van der Waals surface area contributed by atoms with Crippen LogP contribution in [-0.2, 0) is 19.7 Å². The Morgan fingerprint density at radius 2 is 1.87 bits per heavy atom. The van der Waals surface area contributed by atoms with Crippen LogP contribution in [0.4, 0.5) is 0 Å². The number of likely N-dealkylation sites (tertiary alicyclic amines) is 1. The standard InChI is InChI=1S/C24H24N2O3S/c27-21(16-29-23(28)24(12-13-24)18-8-2-1-3-9-18)26-14-6-7-17(15-26)22-25-19-10-4-5-11-20(19)30-22/h1-5,8-11,17H,6-7,12-16H2/t17-/m1/s1. The van der Waals surface area contributed by atoms with Crippen LogP contribution in [0.1, 0.15) is 42.2 Å². The Kier molecular flexibility index (Phi) is 5.03. The molecule has 2 heterocycles. The third-order valence-corrected chi connectivity index (χ3v) is 7.43. The Morgan fingerprint density at radius 1 is 1.10 bits per heavy atom. The number of thiazole rings is 1. The van der Waals surface area contributed by atoms with Crippen LogP contribution in [0.2, 0.25) is 0 Å². The third kappa shape index (κ3) is 3.60. The van der Waals surface area contributed by atoms with Gasteiger partial charge in [-0.2, -0.15) is 0 Å². The number of piperidine rings is 1. The number of fused-ring (bicyclic) bond motifs is 1.